The maximum atomic E-state index is 11.2. The number of esters is 2. The van der Waals surface area contributed by atoms with E-state index in [1.807, 2.05) is 0 Å². The second-order valence-electron chi connectivity index (χ2n) is 2.72. The van der Waals surface area contributed by atoms with Crippen molar-refractivity contribution in [2.75, 3.05) is 25.2 Å². The summed E-state index contributed by atoms with van der Waals surface area (Å²) in [6, 6.07) is 0. The minimum Gasteiger partial charge on any atom is -0.469 e. The highest BCUT2D eigenvalue weighted by atomic mass is 32.2. The van der Waals surface area contributed by atoms with Gasteiger partial charge in [0, 0.05) is 0 Å². The van der Waals surface area contributed by atoms with E-state index in [0.717, 1.165) is 0 Å². The Kier molecular flexibility index (Phi) is 5.92. The summed E-state index contributed by atoms with van der Waals surface area (Å²) in [5.74, 6) is -2.53. The van der Waals surface area contributed by atoms with Crippen molar-refractivity contribution in [3.05, 3.63) is 0 Å². The van der Waals surface area contributed by atoms with Crippen LogP contribution in [0.1, 0.15) is 13.3 Å². The molecule has 0 aliphatic carbocycles. The first-order valence-corrected chi connectivity index (χ1v) is 6.16. The van der Waals surface area contributed by atoms with Gasteiger partial charge in [0.2, 0.25) is 0 Å². The van der Waals surface area contributed by atoms with Gasteiger partial charge >= 0.3 is 11.9 Å². The van der Waals surface area contributed by atoms with E-state index in [1.165, 1.54) is 7.11 Å². The molecule has 0 aromatic rings. The zero-order valence-electron chi connectivity index (χ0n) is 8.69. The first-order valence-electron chi connectivity index (χ1n) is 4.34. The van der Waals surface area contributed by atoms with Crippen LogP contribution in [0.5, 0.6) is 0 Å². The standard InChI is InChI=1S/C8H14O6S/c1-3-14-8(10)6-15(11,12)5-4-7(9)13-2/h3-6H2,1-2H3. The number of carbonyl (C=O) groups is 2. The Morgan fingerprint density at radius 2 is 1.80 bits per heavy atom. The van der Waals surface area contributed by atoms with Crippen LogP contribution >= 0.6 is 0 Å². The van der Waals surface area contributed by atoms with E-state index in [1.54, 1.807) is 6.92 Å². The third kappa shape index (κ3) is 6.89. The van der Waals surface area contributed by atoms with E-state index in [4.69, 9.17) is 0 Å². The van der Waals surface area contributed by atoms with Gasteiger partial charge in [-0.25, -0.2) is 8.42 Å². The maximum Gasteiger partial charge on any atom is 0.321 e. The molecule has 0 aliphatic heterocycles. The predicted molar refractivity (Wildman–Crippen MR) is 51.9 cm³/mol. The summed E-state index contributed by atoms with van der Waals surface area (Å²) >= 11 is 0. The van der Waals surface area contributed by atoms with Gasteiger partial charge in [0.05, 0.1) is 25.9 Å². The van der Waals surface area contributed by atoms with Crippen LogP contribution in [0.15, 0.2) is 0 Å². The van der Waals surface area contributed by atoms with Gasteiger partial charge in [-0.1, -0.05) is 0 Å². The molecule has 7 heteroatoms. The Bertz CT molecular complexity index is 318. The number of sulfone groups is 1. The highest BCUT2D eigenvalue weighted by Gasteiger charge is 2.19. The molecule has 6 nitrogen and oxygen atoms in total. The fourth-order valence-electron chi connectivity index (χ4n) is 0.795. The highest BCUT2D eigenvalue weighted by Crippen LogP contribution is 1.97. The van der Waals surface area contributed by atoms with E-state index < -0.39 is 33.3 Å². The molecule has 0 saturated heterocycles. The van der Waals surface area contributed by atoms with Gasteiger partial charge in [-0.15, -0.1) is 0 Å². The van der Waals surface area contributed by atoms with Crippen molar-refractivity contribution in [1.29, 1.82) is 0 Å². The number of hydrogen-bond donors (Lipinski definition) is 0. The Hall–Kier alpha value is -1.11. The smallest absolute Gasteiger partial charge is 0.321 e. The second-order valence-corrected chi connectivity index (χ2v) is 4.91. The number of methoxy groups -OCH3 is 1. The Balaban J connectivity index is 4.08. The van der Waals surface area contributed by atoms with Crippen molar-refractivity contribution in [3.8, 4) is 0 Å². The summed E-state index contributed by atoms with van der Waals surface area (Å²) in [6.45, 7) is 1.71. The van der Waals surface area contributed by atoms with Crippen LogP contribution in [0.4, 0.5) is 0 Å². The molecule has 0 saturated carbocycles. The molecule has 0 radical (unpaired) electrons. The Morgan fingerprint density at radius 3 is 2.27 bits per heavy atom. The molecule has 0 heterocycles. The first-order chi connectivity index (χ1) is 6.91. The maximum absolute atomic E-state index is 11.2. The van der Waals surface area contributed by atoms with Gasteiger partial charge < -0.3 is 9.47 Å². The Morgan fingerprint density at radius 1 is 1.20 bits per heavy atom. The topological polar surface area (TPSA) is 86.7 Å². The third-order valence-corrected chi connectivity index (χ3v) is 2.99. The van der Waals surface area contributed by atoms with Crippen molar-refractivity contribution < 1.29 is 27.5 Å². The molecule has 0 aromatic heterocycles. The Labute approximate surface area is 88.5 Å². The van der Waals surface area contributed by atoms with Crippen molar-refractivity contribution in [2.24, 2.45) is 0 Å². The lowest BCUT2D eigenvalue weighted by Gasteiger charge is -2.03. The fourth-order valence-corrected chi connectivity index (χ4v) is 1.86. The number of hydrogen-bond acceptors (Lipinski definition) is 6. The molecule has 0 rings (SSSR count). The van der Waals surface area contributed by atoms with Crippen molar-refractivity contribution in [1.82, 2.24) is 0 Å². The molecule has 0 aliphatic rings. The van der Waals surface area contributed by atoms with Crippen LogP contribution in [0, 0.1) is 0 Å². The van der Waals surface area contributed by atoms with Crippen molar-refractivity contribution in [3.63, 3.8) is 0 Å². The van der Waals surface area contributed by atoms with Crippen LogP contribution < -0.4 is 0 Å². The second kappa shape index (κ2) is 6.39. The SMILES string of the molecule is CCOC(=O)CS(=O)(=O)CCC(=O)OC. The van der Waals surface area contributed by atoms with Gasteiger partial charge in [0.1, 0.15) is 5.75 Å². The van der Waals surface area contributed by atoms with Crippen molar-refractivity contribution >= 4 is 21.8 Å². The fraction of sp³-hybridized carbons (Fsp3) is 0.750. The largest absolute Gasteiger partial charge is 0.469 e. The average molecular weight is 238 g/mol. The number of rotatable bonds is 6. The summed E-state index contributed by atoms with van der Waals surface area (Å²) in [5, 5.41) is 0. The molecule has 0 amide bonds. The predicted octanol–water partition coefficient (Wildman–Crippen LogP) is -0.473. The lowest BCUT2D eigenvalue weighted by molar-refractivity contribution is -0.141. The van der Waals surface area contributed by atoms with Gasteiger partial charge in [-0.05, 0) is 6.92 Å². The molecule has 0 unspecified atom stereocenters. The van der Waals surface area contributed by atoms with Gasteiger partial charge in [-0.2, -0.15) is 0 Å². The molecule has 88 valence electrons. The number of carbonyl (C=O) groups excluding carboxylic acids is 2. The summed E-state index contributed by atoms with van der Waals surface area (Å²) in [5.41, 5.74) is 0. The van der Waals surface area contributed by atoms with Crippen LogP contribution in [-0.4, -0.2) is 45.6 Å². The summed E-state index contributed by atoms with van der Waals surface area (Å²) in [6.07, 6.45) is -0.252. The van der Waals surface area contributed by atoms with E-state index in [-0.39, 0.29) is 13.0 Å². The van der Waals surface area contributed by atoms with Gasteiger partial charge in [0.15, 0.2) is 9.84 Å². The van der Waals surface area contributed by atoms with E-state index in [2.05, 4.69) is 9.47 Å². The molecule has 0 spiro atoms. The molecular formula is C8H14O6S. The van der Waals surface area contributed by atoms with Gasteiger partial charge in [0.25, 0.3) is 0 Å². The lowest BCUT2D eigenvalue weighted by Crippen LogP contribution is -2.22. The average Bonchev–Trinajstić information content (AvgIpc) is 2.13. The van der Waals surface area contributed by atoms with E-state index in [9.17, 15) is 18.0 Å². The molecule has 15 heavy (non-hydrogen) atoms. The first kappa shape index (κ1) is 13.9. The van der Waals surface area contributed by atoms with Crippen molar-refractivity contribution in [2.45, 2.75) is 13.3 Å². The normalized spacial score (nSPS) is 10.8. The van der Waals surface area contributed by atoms with Crippen LogP contribution in [0.2, 0.25) is 0 Å². The summed E-state index contributed by atoms with van der Waals surface area (Å²) < 4.78 is 31.2. The van der Waals surface area contributed by atoms with Crippen LogP contribution in [0.3, 0.4) is 0 Å². The van der Waals surface area contributed by atoms with Crippen LogP contribution in [0.25, 0.3) is 0 Å². The van der Waals surface area contributed by atoms with Gasteiger partial charge in [-0.3, -0.25) is 9.59 Å². The van der Waals surface area contributed by atoms with Crippen LogP contribution in [-0.2, 0) is 28.9 Å². The summed E-state index contributed by atoms with van der Waals surface area (Å²) in [7, 11) is -2.42. The highest BCUT2D eigenvalue weighted by molar-refractivity contribution is 7.92. The summed E-state index contributed by atoms with van der Waals surface area (Å²) in [4.78, 5) is 21.5. The van der Waals surface area contributed by atoms with E-state index in [0.29, 0.717) is 0 Å². The molecular weight excluding hydrogens is 224 g/mol. The minimum absolute atomic E-state index is 0.130. The molecule has 0 aromatic carbocycles. The lowest BCUT2D eigenvalue weighted by atomic mass is 10.5. The molecule has 0 bridgehead atoms. The number of ether oxygens (including phenoxy) is 2. The molecule has 0 N–H and O–H groups in total. The van der Waals surface area contributed by atoms with E-state index >= 15 is 0 Å². The third-order valence-electron chi connectivity index (χ3n) is 1.49. The zero-order valence-corrected chi connectivity index (χ0v) is 9.50. The zero-order chi connectivity index (χ0) is 11.9. The minimum atomic E-state index is -3.58. The monoisotopic (exact) mass is 238 g/mol. The quantitative estimate of drug-likeness (QED) is 0.581. The molecule has 0 atom stereocenters. The molecule has 0 fully saturated rings.